The van der Waals surface area contributed by atoms with Gasteiger partial charge in [-0.1, -0.05) is 6.07 Å². The number of rotatable bonds is 3. The second kappa shape index (κ2) is 5.01. The van der Waals surface area contributed by atoms with Crippen LogP contribution in [0.2, 0.25) is 0 Å². The van der Waals surface area contributed by atoms with Gasteiger partial charge >= 0.3 is 0 Å². The topological polar surface area (TPSA) is 91.3 Å². The molecule has 0 radical (unpaired) electrons. The van der Waals surface area contributed by atoms with Gasteiger partial charge in [-0.25, -0.2) is 4.98 Å². The maximum absolute atomic E-state index is 10.6. The van der Waals surface area contributed by atoms with Crippen LogP contribution < -0.4 is 10.5 Å². The van der Waals surface area contributed by atoms with Crippen molar-refractivity contribution in [3.63, 3.8) is 0 Å². The number of halogens is 1. The zero-order chi connectivity index (χ0) is 13.1. The van der Waals surface area contributed by atoms with Crippen LogP contribution in [0.15, 0.2) is 41.0 Å². The number of nitro groups is 1. The normalized spacial score (nSPS) is 10.1. The summed E-state index contributed by atoms with van der Waals surface area (Å²) in [6.45, 7) is 0. The third-order valence-corrected chi connectivity index (χ3v) is 2.64. The largest absolute Gasteiger partial charge is 0.438 e. The number of hydrogen-bond donors (Lipinski definition) is 1. The fourth-order valence-corrected chi connectivity index (χ4v) is 1.70. The van der Waals surface area contributed by atoms with Gasteiger partial charge in [-0.3, -0.25) is 10.1 Å². The fourth-order valence-electron chi connectivity index (χ4n) is 1.28. The summed E-state index contributed by atoms with van der Waals surface area (Å²) in [7, 11) is 0. The summed E-state index contributed by atoms with van der Waals surface area (Å²) in [5.41, 5.74) is 6.06. The second-order valence-electron chi connectivity index (χ2n) is 3.41. The van der Waals surface area contributed by atoms with Gasteiger partial charge in [-0.05, 0) is 28.1 Å². The Labute approximate surface area is 111 Å². The maximum Gasteiger partial charge on any atom is 0.288 e. The summed E-state index contributed by atoms with van der Waals surface area (Å²) >= 11 is 3.17. The van der Waals surface area contributed by atoms with E-state index in [0.29, 0.717) is 15.9 Å². The molecule has 2 rings (SSSR count). The van der Waals surface area contributed by atoms with Crippen molar-refractivity contribution in [1.82, 2.24) is 4.98 Å². The number of benzene rings is 1. The molecule has 2 N–H and O–H groups in total. The van der Waals surface area contributed by atoms with Gasteiger partial charge in [0.25, 0.3) is 5.69 Å². The highest BCUT2D eigenvalue weighted by Crippen LogP contribution is 2.30. The molecule has 92 valence electrons. The van der Waals surface area contributed by atoms with Crippen LogP contribution in [0.5, 0.6) is 11.6 Å². The third kappa shape index (κ3) is 2.75. The monoisotopic (exact) mass is 309 g/mol. The van der Waals surface area contributed by atoms with Gasteiger partial charge in [-0.2, -0.15) is 0 Å². The van der Waals surface area contributed by atoms with E-state index in [4.69, 9.17) is 10.5 Å². The standard InChI is InChI=1S/C11H8BrN3O3/c12-10-5-8(15(16)17)6-14-11(10)18-9-3-1-2-7(13)4-9/h1-6H,13H2. The van der Waals surface area contributed by atoms with Crippen molar-refractivity contribution in [3.8, 4) is 11.6 Å². The van der Waals surface area contributed by atoms with Gasteiger partial charge in [0.05, 0.1) is 9.40 Å². The maximum atomic E-state index is 10.6. The Balaban J connectivity index is 2.27. The molecule has 1 aromatic heterocycles. The van der Waals surface area contributed by atoms with Crippen LogP contribution in [0.3, 0.4) is 0 Å². The molecule has 0 atom stereocenters. The molecule has 1 aromatic carbocycles. The highest BCUT2D eigenvalue weighted by Gasteiger charge is 2.12. The molecule has 18 heavy (non-hydrogen) atoms. The van der Waals surface area contributed by atoms with Crippen molar-refractivity contribution >= 4 is 27.3 Å². The lowest BCUT2D eigenvalue weighted by molar-refractivity contribution is -0.385. The predicted molar refractivity (Wildman–Crippen MR) is 69.5 cm³/mol. The van der Waals surface area contributed by atoms with E-state index in [9.17, 15) is 10.1 Å². The van der Waals surface area contributed by atoms with Gasteiger partial charge in [-0.15, -0.1) is 0 Å². The number of nitrogens with two attached hydrogens (primary N) is 1. The summed E-state index contributed by atoms with van der Waals surface area (Å²) in [6, 6.07) is 8.14. The molecule has 0 aliphatic carbocycles. The van der Waals surface area contributed by atoms with Crippen LogP contribution in [-0.4, -0.2) is 9.91 Å². The molecule has 0 amide bonds. The number of nitrogen functional groups attached to an aromatic ring is 1. The molecule has 0 saturated carbocycles. The Morgan fingerprint density at radius 1 is 1.39 bits per heavy atom. The van der Waals surface area contributed by atoms with Crippen molar-refractivity contribution in [2.24, 2.45) is 0 Å². The van der Waals surface area contributed by atoms with E-state index in [2.05, 4.69) is 20.9 Å². The van der Waals surface area contributed by atoms with Crippen LogP contribution in [0.4, 0.5) is 11.4 Å². The molecule has 7 heteroatoms. The number of aromatic nitrogens is 1. The lowest BCUT2D eigenvalue weighted by atomic mass is 10.3. The van der Waals surface area contributed by atoms with Crippen LogP contribution >= 0.6 is 15.9 Å². The Morgan fingerprint density at radius 2 is 2.17 bits per heavy atom. The second-order valence-corrected chi connectivity index (χ2v) is 4.27. The van der Waals surface area contributed by atoms with Crippen molar-refractivity contribution in [3.05, 3.63) is 51.1 Å². The number of hydrogen-bond acceptors (Lipinski definition) is 5. The summed E-state index contributed by atoms with van der Waals surface area (Å²) in [5.74, 6) is 0.753. The van der Waals surface area contributed by atoms with E-state index in [1.165, 1.54) is 6.07 Å². The lowest BCUT2D eigenvalue weighted by Gasteiger charge is -2.06. The predicted octanol–water partition coefficient (Wildman–Crippen LogP) is 3.13. The van der Waals surface area contributed by atoms with Crippen LogP contribution in [0.1, 0.15) is 0 Å². The van der Waals surface area contributed by atoms with E-state index in [1.54, 1.807) is 24.3 Å². The Hall–Kier alpha value is -2.15. The van der Waals surface area contributed by atoms with E-state index >= 15 is 0 Å². The molecule has 6 nitrogen and oxygen atoms in total. The smallest absolute Gasteiger partial charge is 0.288 e. The molecule has 0 spiro atoms. The third-order valence-electron chi connectivity index (χ3n) is 2.08. The summed E-state index contributed by atoms with van der Waals surface area (Å²) in [6.07, 6.45) is 1.13. The van der Waals surface area contributed by atoms with Crippen molar-refractivity contribution in [1.29, 1.82) is 0 Å². The fraction of sp³-hybridized carbons (Fsp3) is 0. The number of pyridine rings is 1. The molecule has 0 fully saturated rings. The van der Waals surface area contributed by atoms with Gasteiger partial charge in [0.15, 0.2) is 0 Å². The van der Waals surface area contributed by atoms with Crippen LogP contribution in [0, 0.1) is 10.1 Å². The molecule has 2 aromatic rings. The van der Waals surface area contributed by atoms with Gasteiger partial charge in [0.2, 0.25) is 5.88 Å². The first-order valence-electron chi connectivity index (χ1n) is 4.89. The molecule has 0 bridgehead atoms. The van der Waals surface area contributed by atoms with Crippen LogP contribution in [-0.2, 0) is 0 Å². The Kier molecular flexibility index (Phi) is 3.42. The van der Waals surface area contributed by atoms with Crippen molar-refractivity contribution in [2.45, 2.75) is 0 Å². The van der Waals surface area contributed by atoms with Gasteiger partial charge in [0, 0.05) is 17.8 Å². The van der Waals surface area contributed by atoms with E-state index < -0.39 is 4.92 Å². The molecule has 0 aliphatic heterocycles. The average molecular weight is 310 g/mol. The minimum atomic E-state index is -0.526. The summed E-state index contributed by atoms with van der Waals surface area (Å²) in [5, 5.41) is 10.6. The van der Waals surface area contributed by atoms with Crippen molar-refractivity contribution in [2.75, 3.05) is 5.73 Å². The molecular formula is C11H8BrN3O3. The highest BCUT2D eigenvalue weighted by atomic mass is 79.9. The first-order valence-corrected chi connectivity index (χ1v) is 5.69. The number of ether oxygens (including phenoxy) is 1. The Morgan fingerprint density at radius 3 is 2.78 bits per heavy atom. The first-order chi connectivity index (χ1) is 8.56. The minimum Gasteiger partial charge on any atom is -0.438 e. The SMILES string of the molecule is Nc1cccc(Oc2ncc([N+](=O)[O-])cc2Br)c1. The zero-order valence-electron chi connectivity index (χ0n) is 9.04. The lowest BCUT2D eigenvalue weighted by Crippen LogP contribution is -1.94. The molecule has 1 heterocycles. The molecule has 0 unspecified atom stereocenters. The molecular weight excluding hydrogens is 302 g/mol. The first kappa shape index (κ1) is 12.3. The quantitative estimate of drug-likeness (QED) is 0.534. The average Bonchev–Trinajstić information content (AvgIpc) is 2.31. The minimum absolute atomic E-state index is 0.109. The van der Waals surface area contributed by atoms with Crippen LogP contribution in [0.25, 0.3) is 0 Å². The van der Waals surface area contributed by atoms with Gasteiger partial charge < -0.3 is 10.5 Å². The zero-order valence-corrected chi connectivity index (χ0v) is 10.6. The van der Waals surface area contributed by atoms with E-state index in [-0.39, 0.29) is 11.6 Å². The molecule has 0 aliphatic rings. The summed E-state index contributed by atoms with van der Waals surface area (Å²) < 4.78 is 5.87. The van der Waals surface area contributed by atoms with Crippen molar-refractivity contribution < 1.29 is 9.66 Å². The van der Waals surface area contributed by atoms with E-state index in [0.717, 1.165) is 6.20 Å². The van der Waals surface area contributed by atoms with E-state index in [1.807, 2.05) is 0 Å². The molecule has 0 saturated heterocycles. The Bertz CT molecular complexity index is 604. The number of nitrogens with zero attached hydrogens (tertiary/aromatic N) is 2. The van der Waals surface area contributed by atoms with Gasteiger partial charge in [0.1, 0.15) is 11.9 Å². The highest BCUT2D eigenvalue weighted by molar-refractivity contribution is 9.10. The summed E-state index contributed by atoms with van der Waals surface area (Å²) in [4.78, 5) is 13.9. The number of anilines is 1.